The highest BCUT2D eigenvalue weighted by Crippen LogP contribution is 2.31. The Morgan fingerprint density at radius 2 is 1.89 bits per heavy atom. The summed E-state index contributed by atoms with van der Waals surface area (Å²) in [6, 6.07) is 18.3. The monoisotopic (exact) mass is 366 g/mol. The van der Waals surface area contributed by atoms with Crippen molar-refractivity contribution >= 4 is 6.03 Å². The molecule has 1 fully saturated rings. The second-order valence-electron chi connectivity index (χ2n) is 7.16. The Morgan fingerprint density at radius 3 is 2.78 bits per heavy atom. The number of rotatable bonds is 3. The lowest BCUT2D eigenvalue weighted by Crippen LogP contribution is -2.50. The zero-order chi connectivity index (χ0) is 18.5. The molecular formula is C22H26N2O3. The Labute approximate surface area is 160 Å². The average molecular weight is 366 g/mol. The molecule has 27 heavy (non-hydrogen) atoms. The van der Waals surface area contributed by atoms with Crippen molar-refractivity contribution in [3.63, 3.8) is 0 Å². The zero-order valence-corrected chi connectivity index (χ0v) is 15.5. The number of urea groups is 1. The quantitative estimate of drug-likeness (QED) is 0.904. The van der Waals surface area contributed by atoms with Gasteiger partial charge in [0.05, 0.1) is 25.4 Å². The molecule has 2 heterocycles. The maximum absolute atomic E-state index is 12.9. The van der Waals surface area contributed by atoms with Crippen LogP contribution in [0.2, 0.25) is 0 Å². The van der Waals surface area contributed by atoms with Gasteiger partial charge in [-0.3, -0.25) is 0 Å². The molecule has 2 aliphatic heterocycles. The van der Waals surface area contributed by atoms with Crippen molar-refractivity contribution < 1.29 is 14.3 Å². The zero-order valence-electron chi connectivity index (χ0n) is 15.5. The highest BCUT2D eigenvalue weighted by atomic mass is 16.5. The fourth-order valence-corrected chi connectivity index (χ4v) is 3.82. The summed E-state index contributed by atoms with van der Waals surface area (Å²) >= 11 is 0. The number of nitrogens with one attached hydrogen (secondary N) is 1. The van der Waals surface area contributed by atoms with Gasteiger partial charge in [0.2, 0.25) is 0 Å². The van der Waals surface area contributed by atoms with Crippen LogP contribution in [0.4, 0.5) is 4.79 Å². The minimum Gasteiger partial charge on any atom is -0.493 e. The maximum Gasteiger partial charge on any atom is 0.318 e. The molecule has 2 unspecified atom stereocenters. The van der Waals surface area contributed by atoms with Crippen molar-refractivity contribution in [3.8, 4) is 5.75 Å². The molecule has 2 atom stereocenters. The number of para-hydroxylation sites is 1. The summed E-state index contributed by atoms with van der Waals surface area (Å²) in [7, 11) is 0. The van der Waals surface area contributed by atoms with Gasteiger partial charge in [0.1, 0.15) is 5.75 Å². The second kappa shape index (κ2) is 8.44. The van der Waals surface area contributed by atoms with E-state index in [1.54, 1.807) is 0 Å². The molecule has 0 aromatic heterocycles. The minimum atomic E-state index is -0.0157. The third kappa shape index (κ3) is 4.42. The van der Waals surface area contributed by atoms with Gasteiger partial charge in [0.15, 0.2) is 0 Å². The lowest BCUT2D eigenvalue weighted by atomic mass is 10.0. The molecule has 2 amide bonds. The van der Waals surface area contributed by atoms with E-state index in [0.717, 1.165) is 30.6 Å². The van der Waals surface area contributed by atoms with Gasteiger partial charge in [-0.1, -0.05) is 48.5 Å². The molecule has 0 bridgehead atoms. The van der Waals surface area contributed by atoms with E-state index >= 15 is 0 Å². The molecule has 2 aliphatic rings. The Hall–Kier alpha value is -2.53. The molecule has 5 heteroatoms. The van der Waals surface area contributed by atoms with Crippen LogP contribution < -0.4 is 10.1 Å². The van der Waals surface area contributed by atoms with E-state index in [4.69, 9.17) is 9.47 Å². The number of morpholine rings is 1. The van der Waals surface area contributed by atoms with Gasteiger partial charge < -0.3 is 19.7 Å². The summed E-state index contributed by atoms with van der Waals surface area (Å²) in [5, 5.41) is 3.22. The molecule has 0 spiro atoms. The van der Waals surface area contributed by atoms with Crippen LogP contribution in [-0.2, 0) is 11.2 Å². The lowest BCUT2D eigenvalue weighted by Gasteiger charge is -2.34. The number of amides is 2. The number of carbonyl (C=O) groups is 1. The van der Waals surface area contributed by atoms with Crippen LogP contribution in [0.1, 0.15) is 30.0 Å². The predicted molar refractivity (Wildman–Crippen MR) is 104 cm³/mol. The molecule has 0 saturated carbocycles. The van der Waals surface area contributed by atoms with Crippen LogP contribution in [0, 0.1) is 0 Å². The molecule has 5 nitrogen and oxygen atoms in total. The van der Waals surface area contributed by atoms with Crippen LogP contribution in [0.3, 0.4) is 0 Å². The van der Waals surface area contributed by atoms with Crippen LogP contribution in [0.25, 0.3) is 0 Å². The summed E-state index contributed by atoms with van der Waals surface area (Å²) in [6.45, 7) is 2.52. The van der Waals surface area contributed by atoms with Gasteiger partial charge >= 0.3 is 6.03 Å². The number of hydrogen-bond donors (Lipinski definition) is 1. The fraction of sp³-hybridized carbons (Fsp3) is 0.409. The standard InChI is InChI=1S/C22H26N2O3/c25-22(23-20-10-6-13-27-21-11-5-4-9-19(20)21)24-12-14-26-18(16-24)15-17-7-2-1-3-8-17/h1-5,7-9,11,18,20H,6,10,12-16H2,(H,23,25). The molecule has 0 aliphatic carbocycles. The van der Waals surface area contributed by atoms with E-state index in [-0.39, 0.29) is 18.2 Å². The average Bonchev–Trinajstić information content (AvgIpc) is 2.91. The lowest BCUT2D eigenvalue weighted by molar-refractivity contribution is -0.0136. The van der Waals surface area contributed by atoms with E-state index in [1.165, 1.54) is 5.56 Å². The summed E-state index contributed by atoms with van der Waals surface area (Å²) in [5.41, 5.74) is 2.30. The summed E-state index contributed by atoms with van der Waals surface area (Å²) in [5.74, 6) is 0.879. The van der Waals surface area contributed by atoms with Crippen LogP contribution in [0.15, 0.2) is 54.6 Å². The van der Waals surface area contributed by atoms with Crippen molar-refractivity contribution in [1.82, 2.24) is 10.2 Å². The third-order valence-electron chi connectivity index (χ3n) is 5.22. The van der Waals surface area contributed by atoms with Gasteiger partial charge in [-0.25, -0.2) is 4.79 Å². The summed E-state index contributed by atoms with van der Waals surface area (Å²) < 4.78 is 11.7. The van der Waals surface area contributed by atoms with E-state index in [0.29, 0.717) is 26.3 Å². The van der Waals surface area contributed by atoms with Gasteiger partial charge in [-0.2, -0.15) is 0 Å². The topological polar surface area (TPSA) is 50.8 Å². The largest absolute Gasteiger partial charge is 0.493 e. The van der Waals surface area contributed by atoms with Gasteiger partial charge in [0.25, 0.3) is 0 Å². The van der Waals surface area contributed by atoms with Crippen molar-refractivity contribution in [2.45, 2.75) is 31.4 Å². The van der Waals surface area contributed by atoms with Crippen molar-refractivity contribution in [1.29, 1.82) is 0 Å². The molecule has 2 aromatic rings. The smallest absolute Gasteiger partial charge is 0.318 e. The van der Waals surface area contributed by atoms with E-state index in [1.807, 2.05) is 47.4 Å². The normalized spacial score (nSPS) is 22.3. The summed E-state index contributed by atoms with van der Waals surface area (Å²) in [6.07, 6.45) is 2.68. The molecule has 142 valence electrons. The SMILES string of the molecule is O=C(NC1CCCOc2ccccc21)N1CCOC(Cc2ccccc2)C1. The first kappa shape index (κ1) is 17.9. The van der Waals surface area contributed by atoms with Gasteiger partial charge in [0, 0.05) is 25.1 Å². The van der Waals surface area contributed by atoms with Crippen molar-refractivity contribution in [3.05, 3.63) is 65.7 Å². The Balaban J connectivity index is 1.39. The number of nitrogens with zero attached hydrogens (tertiary/aromatic N) is 1. The summed E-state index contributed by atoms with van der Waals surface area (Å²) in [4.78, 5) is 14.8. The van der Waals surface area contributed by atoms with Gasteiger partial charge in [-0.05, 0) is 24.5 Å². The Kier molecular flexibility index (Phi) is 5.58. The van der Waals surface area contributed by atoms with E-state index in [2.05, 4.69) is 17.4 Å². The molecule has 1 saturated heterocycles. The van der Waals surface area contributed by atoms with Crippen LogP contribution in [-0.4, -0.2) is 43.3 Å². The number of carbonyl (C=O) groups excluding carboxylic acids is 1. The van der Waals surface area contributed by atoms with Crippen LogP contribution >= 0.6 is 0 Å². The number of benzene rings is 2. The highest BCUT2D eigenvalue weighted by molar-refractivity contribution is 5.75. The first-order valence-corrected chi connectivity index (χ1v) is 9.72. The van der Waals surface area contributed by atoms with Crippen molar-refractivity contribution in [2.24, 2.45) is 0 Å². The number of hydrogen-bond acceptors (Lipinski definition) is 3. The third-order valence-corrected chi connectivity index (χ3v) is 5.22. The van der Waals surface area contributed by atoms with E-state index in [9.17, 15) is 4.79 Å². The van der Waals surface area contributed by atoms with E-state index < -0.39 is 0 Å². The molecule has 2 aromatic carbocycles. The maximum atomic E-state index is 12.9. The molecular weight excluding hydrogens is 340 g/mol. The fourth-order valence-electron chi connectivity index (χ4n) is 3.82. The number of fused-ring (bicyclic) bond motifs is 1. The second-order valence-corrected chi connectivity index (χ2v) is 7.16. The first-order valence-electron chi connectivity index (χ1n) is 9.72. The molecule has 1 N–H and O–H groups in total. The molecule has 0 radical (unpaired) electrons. The highest BCUT2D eigenvalue weighted by Gasteiger charge is 2.27. The number of ether oxygens (including phenoxy) is 2. The Morgan fingerprint density at radius 1 is 1.07 bits per heavy atom. The van der Waals surface area contributed by atoms with Crippen LogP contribution in [0.5, 0.6) is 5.75 Å². The minimum absolute atomic E-state index is 0.00776. The Bertz CT molecular complexity index is 765. The molecule has 4 rings (SSSR count). The predicted octanol–water partition coefficient (Wildman–Crippen LogP) is 3.55. The van der Waals surface area contributed by atoms with Gasteiger partial charge in [-0.15, -0.1) is 0 Å². The first-order chi connectivity index (χ1) is 13.3. The van der Waals surface area contributed by atoms with Crippen molar-refractivity contribution in [2.75, 3.05) is 26.3 Å².